The van der Waals surface area contributed by atoms with E-state index >= 15 is 0 Å². The van der Waals surface area contributed by atoms with Crippen molar-refractivity contribution in [2.24, 2.45) is 0 Å². The van der Waals surface area contributed by atoms with E-state index in [0.29, 0.717) is 17.7 Å². The lowest BCUT2D eigenvalue weighted by Crippen LogP contribution is -2.12. The van der Waals surface area contributed by atoms with Crippen LogP contribution in [0.15, 0.2) is 69.9 Å². The molecule has 0 aliphatic carbocycles. The molecule has 3 rings (SSSR count). The molecule has 0 aliphatic rings. The highest BCUT2D eigenvalue weighted by atomic mass is 16.5. The van der Waals surface area contributed by atoms with Crippen LogP contribution in [-0.2, 0) is 13.0 Å². The van der Waals surface area contributed by atoms with Gasteiger partial charge in [-0.1, -0.05) is 55.5 Å². The SMILES string of the molecule is CCC(Cc1ccccc1)c1cc(O)c(OCc2ccccc2C(=O)O)c(=O)o1. The Kier molecular flexibility index (Phi) is 6.34. The number of hydrogen-bond acceptors (Lipinski definition) is 5. The molecule has 29 heavy (non-hydrogen) atoms. The zero-order chi connectivity index (χ0) is 20.8. The monoisotopic (exact) mass is 394 g/mol. The van der Waals surface area contributed by atoms with Crippen LogP contribution in [-0.4, -0.2) is 16.2 Å². The Hall–Kier alpha value is -3.54. The second-order valence-electron chi connectivity index (χ2n) is 6.70. The first kappa shape index (κ1) is 20.2. The minimum atomic E-state index is -1.09. The molecule has 0 saturated heterocycles. The van der Waals surface area contributed by atoms with Crippen LogP contribution in [0.25, 0.3) is 0 Å². The van der Waals surface area contributed by atoms with E-state index in [9.17, 15) is 19.8 Å². The molecule has 2 N–H and O–H groups in total. The normalized spacial score (nSPS) is 11.8. The van der Waals surface area contributed by atoms with Crippen LogP contribution in [0.2, 0.25) is 0 Å². The lowest BCUT2D eigenvalue weighted by Gasteiger charge is -2.15. The fraction of sp³-hybridized carbons (Fsp3) is 0.217. The van der Waals surface area contributed by atoms with Gasteiger partial charge in [-0.25, -0.2) is 9.59 Å². The lowest BCUT2D eigenvalue weighted by atomic mass is 9.94. The molecule has 0 amide bonds. The first-order valence-corrected chi connectivity index (χ1v) is 9.34. The highest BCUT2D eigenvalue weighted by Gasteiger charge is 2.20. The predicted molar refractivity (Wildman–Crippen MR) is 108 cm³/mol. The highest BCUT2D eigenvalue weighted by Crippen LogP contribution is 2.30. The van der Waals surface area contributed by atoms with Gasteiger partial charge in [-0.15, -0.1) is 0 Å². The van der Waals surface area contributed by atoms with Crippen LogP contribution < -0.4 is 10.4 Å². The molecule has 0 spiro atoms. The number of carboxylic acids is 1. The van der Waals surface area contributed by atoms with Gasteiger partial charge in [-0.05, 0) is 24.5 Å². The van der Waals surface area contributed by atoms with Crippen molar-refractivity contribution in [3.05, 3.63) is 93.5 Å². The first-order chi connectivity index (χ1) is 14.0. The molecular formula is C23H22O6. The first-order valence-electron chi connectivity index (χ1n) is 9.34. The van der Waals surface area contributed by atoms with Crippen molar-refractivity contribution in [1.29, 1.82) is 0 Å². The largest absolute Gasteiger partial charge is 0.504 e. The Labute approximate surface area is 168 Å². The topological polar surface area (TPSA) is 97.0 Å². The van der Waals surface area contributed by atoms with Gasteiger partial charge in [-0.2, -0.15) is 0 Å². The molecule has 1 heterocycles. The maximum atomic E-state index is 12.4. The molecule has 0 radical (unpaired) electrons. The van der Waals surface area contributed by atoms with Gasteiger partial charge < -0.3 is 19.4 Å². The van der Waals surface area contributed by atoms with Crippen LogP contribution >= 0.6 is 0 Å². The van der Waals surface area contributed by atoms with Crippen LogP contribution in [0, 0.1) is 0 Å². The second-order valence-corrected chi connectivity index (χ2v) is 6.70. The van der Waals surface area contributed by atoms with Crippen molar-refractivity contribution < 1.29 is 24.2 Å². The fourth-order valence-corrected chi connectivity index (χ4v) is 3.17. The van der Waals surface area contributed by atoms with Crippen molar-refractivity contribution in [2.45, 2.75) is 32.3 Å². The Morgan fingerprint density at radius 3 is 2.45 bits per heavy atom. The molecule has 1 aromatic heterocycles. The van der Waals surface area contributed by atoms with E-state index in [0.717, 1.165) is 12.0 Å². The van der Waals surface area contributed by atoms with E-state index in [1.54, 1.807) is 18.2 Å². The molecule has 6 heteroatoms. The lowest BCUT2D eigenvalue weighted by molar-refractivity contribution is 0.0694. The zero-order valence-corrected chi connectivity index (χ0v) is 16.0. The Bertz CT molecular complexity index is 1040. The van der Waals surface area contributed by atoms with E-state index in [4.69, 9.17) is 9.15 Å². The Balaban J connectivity index is 1.80. The van der Waals surface area contributed by atoms with Crippen LogP contribution in [0.4, 0.5) is 0 Å². The average molecular weight is 394 g/mol. The molecular weight excluding hydrogens is 372 g/mol. The number of benzene rings is 2. The molecule has 0 saturated carbocycles. The molecule has 150 valence electrons. The predicted octanol–water partition coefficient (Wildman–Crippen LogP) is 4.36. The summed E-state index contributed by atoms with van der Waals surface area (Å²) in [5.41, 5.74) is 0.770. The average Bonchev–Trinajstić information content (AvgIpc) is 2.72. The molecule has 3 aromatic rings. The van der Waals surface area contributed by atoms with Crippen molar-refractivity contribution in [1.82, 2.24) is 0 Å². The quantitative estimate of drug-likeness (QED) is 0.589. The Morgan fingerprint density at radius 2 is 1.79 bits per heavy atom. The van der Waals surface area contributed by atoms with Gasteiger partial charge in [0.05, 0.1) is 5.56 Å². The van der Waals surface area contributed by atoms with Gasteiger partial charge in [0.2, 0.25) is 5.75 Å². The minimum absolute atomic E-state index is 0.0712. The number of hydrogen-bond donors (Lipinski definition) is 2. The van der Waals surface area contributed by atoms with Gasteiger partial charge in [0, 0.05) is 17.5 Å². The molecule has 0 bridgehead atoms. The van der Waals surface area contributed by atoms with E-state index in [1.807, 2.05) is 37.3 Å². The molecule has 1 atom stereocenters. The molecule has 1 unspecified atom stereocenters. The molecule has 0 aliphatic heterocycles. The molecule has 2 aromatic carbocycles. The van der Waals surface area contributed by atoms with Gasteiger partial charge in [-0.3, -0.25) is 0 Å². The summed E-state index contributed by atoms with van der Waals surface area (Å²) in [5.74, 6) is -1.43. The summed E-state index contributed by atoms with van der Waals surface area (Å²) < 4.78 is 10.8. The Morgan fingerprint density at radius 1 is 1.10 bits per heavy atom. The number of aromatic carboxylic acids is 1. The number of carbonyl (C=O) groups is 1. The van der Waals surface area contributed by atoms with Crippen LogP contribution in [0.3, 0.4) is 0 Å². The summed E-state index contributed by atoms with van der Waals surface area (Å²) in [7, 11) is 0. The van der Waals surface area contributed by atoms with Crippen molar-refractivity contribution in [2.75, 3.05) is 0 Å². The summed E-state index contributed by atoms with van der Waals surface area (Å²) in [6.45, 7) is 1.80. The maximum Gasteiger partial charge on any atom is 0.382 e. The van der Waals surface area contributed by atoms with Gasteiger partial charge in [0.15, 0.2) is 5.75 Å². The van der Waals surface area contributed by atoms with E-state index < -0.39 is 11.6 Å². The maximum absolute atomic E-state index is 12.4. The van der Waals surface area contributed by atoms with Crippen LogP contribution in [0.1, 0.15) is 46.5 Å². The summed E-state index contributed by atoms with van der Waals surface area (Å²) in [5, 5.41) is 19.6. The number of aromatic hydroxyl groups is 1. The molecule has 6 nitrogen and oxygen atoms in total. The third-order valence-electron chi connectivity index (χ3n) is 4.75. The van der Waals surface area contributed by atoms with Crippen molar-refractivity contribution in [3.8, 4) is 11.5 Å². The highest BCUT2D eigenvalue weighted by molar-refractivity contribution is 5.89. The minimum Gasteiger partial charge on any atom is -0.504 e. The van der Waals surface area contributed by atoms with Crippen molar-refractivity contribution in [3.63, 3.8) is 0 Å². The van der Waals surface area contributed by atoms with Crippen LogP contribution in [0.5, 0.6) is 11.5 Å². The van der Waals surface area contributed by atoms with Gasteiger partial charge in [0.1, 0.15) is 12.4 Å². The number of carboxylic acid groups (broad SMARTS) is 1. The molecule has 0 fully saturated rings. The number of rotatable bonds is 8. The van der Waals surface area contributed by atoms with E-state index in [-0.39, 0.29) is 29.6 Å². The zero-order valence-electron chi connectivity index (χ0n) is 16.0. The summed E-state index contributed by atoms with van der Waals surface area (Å²) in [4.78, 5) is 23.7. The third kappa shape index (κ3) is 4.85. The third-order valence-corrected chi connectivity index (χ3v) is 4.75. The standard InChI is InChI=1S/C23H22O6/c1-2-16(12-15-8-4-3-5-9-15)20-13-19(24)21(23(27)29-20)28-14-17-10-6-7-11-18(17)22(25)26/h3-11,13,16,24H,2,12,14H2,1H3,(H,25,26). The van der Waals surface area contributed by atoms with E-state index in [2.05, 4.69) is 0 Å². The van der Waals surface area contributed by atoms with E-state index in [1.165, 1.54) is 12.1 Å². The second kappa shape index (κ2) is 9.10. The van der Waals surface area contributed by atoms with Crippen molar-refractivity contribution >= 4 is 5.97 Å². The fourth-order valence-electron chi connectivity index (χ4n) is 3.17. The summed E-state index contributed by atoms with van der Waals surface area (Å²) >= 11 is 0. The van der Waals surface area contributed by atoms with Gasteiger partial charge >= 0.3 is 11.6 Å². The van der Waals surface area contributed by atoms with Gasteiger partial charge in [0.25, 0.3) is 0 Å². The number of ether oxygens (including phenoxy) is 1. The summed E-state index contributed by atoms with van der Waals surface area (Å²) in [6, 6.07) is 17.5. The summed E-state index contributed by atoms with van der Waals surface area (Å²) in [6.07, 6.45) is 1.40. The smallest absolute Gasteiger partial charge is 0.382 e.